The molecule has 4 heteroatoms. The SMILES string of the molecule is COC(=O)CCC(C#N)Cc1ccc(OC)cc1. The number of benzene rings is 1. The Morgan fingerprint density at radius 1 is 1.33 bits per heavy atom. The number of nitrogens with zero attached hydrogens (tertiary/aromatic N) is 1. The van der Waals surface area contributed by atoms with E-state index in [9.17, 15) is 4.79 Å². The third kappa shape index (κ3) is 4.46. The molecule has 18 heavy (non-hydrogen) atoms. The molecule has 1 unspecified atom stereocenters. The van der Waals surface area contributed by atoms with Gasteiger partial charge in [-0.3, -0.25) is 4.79 Å². The summed E-state index contributed by atoms with van der Waals surface area (Å²) < 4.78 is 9.63. The fourth-order valence-corrected chi connectivity index (χ4v) is 1.65. The maximum Gasteiger partial charge on any atom is 0.305 e. The quantitative estimate of drug-likeness (QED) is 0.724. The van der Waals surface area contributed by atoms with Crippen molar-refractivity contribution in [2.45, 2.75) is 19.3 Å². The van der Waals surface area contributed by atoms with Gasteiger partial charge in [0.25, 0.3) is 0 Å². The van der Waals surface area contributed by atoms with E-state index in [2.05, 4.69) is 10.8 Å². The van der Waals surface area contributed by atoms with Crippen LogP contribution in [0.25, 0.3) is 0 Å². The highest BCUT2D eigenvalue weighted by atomic mass is 16.5. The van der Waals surface area contributed by atoms with Gasteiger partial charge in [-0.25, -0.2) is 0 Å². The zero-order chi connectivity index (χ0) is 13.4. The van der Waals surface area contributed by atoms with E-state index in [0.717, 1.165) is 11.3 Å². The average molecular weight is 247 g/mol. The van der Waals surface area contributed by atoms with E-state index in [0.29, 0.717) is 12.8 Å². The van der Waals surface area contributed by atoms with E-state index < -0.39 is 0 Å². The Balaban J connectivity index is 2.52. The molecular weight excluding hydrogens is 230 g/mol. The van der Waals surface area contributed by atoms with Crippen molar-refractivity contribution in [1.82, 2.24) is 0 Å². The first-order chi connectivity index (χ1) is 8.69. The van der Waals surface area contributed by atoms with Crippen LogP contribution in [0.2, 0.25) is 0 Å². The summed E-state index contributed by atoms with van der Waals surface area (Å²) in [6, 6.07) is 9.81. The van der Waals surface area contributed by atoms with Gasteiger partial charge in [-0.1, -0.05) is 12.1 Å². The van der Waals surface area contributed by atoms with E-state index in [1.165, 1.54) is 7.11 Å². The Bertz CT molecular complexity index is 420. The molecule has 0 aliphatic rings. The van der Waals surface area contributed by atoms with Gasteiger partial charge < -0.3 is 9.47 Å². The lowest BCUT2D eigenvalue weighted by molar-refractivity contribution is -0.140. The number of ether oxygens (including phenoxy) is 2. The largest absolute Gasteiger partial charge is 0.497 e. The fourth-order valence-electron chi connectivity index (χ4n) is 1.65. The second kappa shape index (κ2) is 7.33. The Hall–Kier alpha value is -2.02. The molecule has 0 spiro atoms. The minimum atomic E-state index is -0.273. The third-order valence-electron chi connectivity index (χ3n) is 2.75. The molecule has 0 aliphatic heterocycles. The van der Waals surface area contributed by atoms with Crippen LogP contribution in [0, 0.1) is 17.2 Å². The van der Waals surface area contributed by atoms with E-state index in [1.54, 1.807) is 7.11 Å². The van der Waals surface area contributed by atoms with Gasteiger partial charge in [0.15, 0.2) is 0 Å². The van der Waals surface area contributed by atoms with E-state index in [-0.39, 0.29) is 18.3 Å². The molecule has 0 heterocycles. The molecule has 4 nitrogen and oxygen atoms in total. The summed E-state index contributed by atoms with van der Waals surface area (Å²) in [7, 11) is 2.97. The fraction of sp³-hybridized carbons (Fsp3) is 0.429. The van der Waals surface area contributed by atoms with Gasteiger partial charge in [0.1, 0.15) is 5.75 Å². The van der Waals surface area contributed by atoms with Crippen molar-refractivity contribution in [3.8, 4) is 11.8 Å². The van der Waals surface area contributed by atoms with Gasteiger partial charge in [-0.15, -0.1) is 0 Å². The van der Waals surface area contributed by atoms with Gasteiger partial charge >= 0.3 is 5.97 Å². The molecule has 0 saturated heterocycles. The van der Waals surface area contributed by atoms with Gasteiger partial charge in [0.05, 0.1) is 26.2 Å². The molecule has 1 aromatic rings. The smallest absolute Gasteiger partial charge is 0.305 e. The average Bonchev–Trinajstić information content (AvgIpc) is 2.43. The summed E-state index contributed by atoms with van der Waals surface area (Å²) in [6.07, 6.45) is 1.44. The van der Waals surface area contributed by atoms with Crippen LogP contribution in [0.4, 0.5) is 0 Å². The summed E-state index contributed by atoms with van der Waals surface area (Å²) in [4.78, 5) is 11.0. The second-order valence-electron chi connectivity index (χ2n) is 3.99. The first-order valence-electron chi connectivity index (χ1n) is 5.79. The van der Waals surface area contributed by atoms with Crippen LogP contribution in [0.1, 0.15) is 18.4 Å². The molecule has 0 bridgehead atoms. The molecule has 1 atom stereocenters. The summed E-state index contributed by atoms with van der Waals surface area (Å²) in [5, 5.41) is 9.05. The summed E-state index contributed by atoms with van der Waals surface area (Å²) in [6.45, 7) is 0. The number of esters is 1. The van der Waals surface area contributed by atoms with Crippen LogP contribution < -0.4 is 4.74 Å². The predicted molar refractivity (Wildman–Crippen MR) is 67.1 cm³/mol. The minimum Gasteiger partial charge on any atom is -0.497 e. The van der Waals surface area contributed by atoms with Crippen molar-refractivity contribution in [3.63, 3.8) is 0 Å². The molecule has 0 saturated carbocycles. The highest BCUT2D eigenvalue weighted by Gasteiger charge is 2.11. The number of hydrogen-bond acceptors (Lipinski definition) is 4. The van der Waals surface area contributed by atoms with Crippen LogP contribution in [0.15, 0.2) is 24.3 Å². The third-order valence-corrected chi connectivity index (χ3v) is 2.75. The molecule has 0 aliphatic carbocycles. The van der Waals surface area contributed by atoms with Crippen molar-refractivity contribution in [1.29, 1.82) is 5.26 Å². The molecule has 1 aromatic carbocycles. The molecule has 96 valence electrons. The first kappa shape index (κ1) is 14.0. The Morgan fingerprint density at radius 3 is 2.50 bits per heavy atom. The van der Waals surface area contributed by atoms with E-state index in [1.807, 2.05) is 24.3 Å². The topological polar surface area (TPSA) is 59.3 Å². The minimum absolute atomic E-state index is 0.169. The molecule has 1 rings (SSSR count). The lowest BCUT2D eigenvalue weighted by Gasteiger charge is -2.08. The van der Waals surface area contributed by atoms with Crippen molar-refractivity contribution >= 4 is 5.97 Å². The lowest BCUT2D eigenvalue weighted by atomic mass is 9.96. The highest BCUT2D eigenvalue weighted by Crippen LogP contribution is 2.17. The standard InChI is InChI=1S/C14H17NO3/c1-17-13-6-3-11(4-7-13)9-12(10-15)5-8-14(16)18-2/h3-4,6-7,12H,5,8-9H2,1-2H3. The Kier molecular flexibility index (Phi) is 5.72. The monoisotopic (exact) mass is 247 g/mol. The number of nitriles is 1. The summed E-state index contributed by atoms with van der Waals surface area (Å²) >= 11 is 0. The predicted octanol–water partition coefficient (Wildman–Crippen LogP) is 2.33. The molecular formula is C14H17NO3. The van der Waals surface area contributed by atoms with Crippen LogP contribution >= 0.6 is 0 Å². The zero-order valence-corrected chi connectivity index (χ0v) is 10.7. The van der Waals surface area contributed by atoms with Crippen LogP contribution in [-0.2, 0) is 16.0 Å². The number of rotatable bonds is 6. The molecule has 0 fully saturated rings. The molecule has 0 amide bonds. The van der Waals surface area contributed by atoms with Crippen LogP contribution in [0.5, 0.6) is 5.75 Å². The van der Waals surface area contributed by atoms with Crippen LogP contribution in [0.3, 0.4) is 0 Å². The molecule has 0 radical (unpaired) electrons. The number of hydrogen-bond donors (Lipinski definition) is 0. The number of methoxy groups -OCH3 is 2. The Morgan fingerprint density at radius 2 is 2.00 bits per heavy atom. The normalized spacial score (nSPS) is 11.4. The number of carbonyl (C=O) groups excluding carboxylic acids is 1. The molecule has 0 N–H and O–H groups in total. The lowest BCUT2D eigenvalue weighted by Crippen LogP contribution is -2.07. The van der Waals surface area contributed by atoms with Gasteiger partial charge in [0, 0.05) is 6.42 Å². The van der Waals surface area contributed by atoms with Gasteiger partial charge in [0.2, 0.25) is 0 Å². The Labute approximate surface area is 107 Å². The van der Waals surface area contributed by atoms with E-state index >= 15 is 0 Å². The summed E-state index contributed by atoms with van der Waals surface area (Å²) in [5.41, 5.74) is 1.06. The first-order valence-corrected chi connectivity index (χ1v) is 5.79. The van der Waals surface area contributed by atoms with Crippen LogP contribution in [-0.4, -0.2) is 20.2 Å². The number of carbonyl (C=O) groups is 1. The van der Waals surface area contributed by atoms with Gasteiger partial charge in [-0.05, 0) is 30.5 Å². The zero-order valence-electron chi connectivity index (χ0n) is 10.7. The highest BCUT2D eigenvalue weighted by molar-refractivity contribution is 5.69. The van der Waals surface area contributed by atoms with Crippen molar-refractivity contribution in [2.24, 2.45) is 5.92 Å². The molecule has 0 aromatic heterocycles. The van der Waals surface area contributed by atoms with Gasteiger partial charge in [-0.2, -0.15) is 5.26 Å². The maximum atomic E-state index is 11.0. The second-order valence-corrected chi connectivity index (χ2v) is 3.99. The van der Waals surface area contributed by atoms with E-state index in [4.69, 9.17) is 10.00 Å². The van der Waals surface area contributed by atoms with Crippen molar-refractivity contribution in [2.75, 3.05) is 14.2 Å². The summed E-state index contributed by atoms with van der Waals surface area (Å²) in [5.74, 6) is 0.351. The van der Waals surface area contributed by atoms with Crippen molar-refractivity contribution in [3.05, 3.63) is 29.8 Å². The van der Waals surface area contributed by atoms with Crippen molar-refractivity contribution < 1.29 is 14.3 Å². The maximum absolute atomic E-state index is 11.0.